The lowest BCUT2D eigenvalue weighted by atomic mass is 9.82. The number of nitrogens with one attached hydrogen (secondary N) is 1. The SMILES string of the molecule is Cc1cc(C(=O)NC(C)CC(F)(F)C(F)(F)C(F)(F)C(F)(F)C(F)(F)C(F)(F)C(F)(F)C(F)(F)C(F)(F)C(F)(F)C(F)(F)C(F)(F)C(F)(F)C(F)(F)C(F)(F)C(F)(F)F)ccc1N=C=O. The number of aliphatic imine (C=N–C) groups is 1. The zero-order chi connectivity index (χ0) is 52.8. The van der Waals surface area contributed by atoms with Crippen LogP contribution in [-0.2, 0) is 4.79 Å². The Kier molecular flexibility index (Phi) is 14.4. The van der Waals surface area contributed by atoms with E-state index >= 15 is 0 Å². The van der Waals surface area contributed by atoms with E-state index in [4.69, 9.17) is 0 Å². The van der Waals surface area contributed by atoms with Gasteiger partial charge in [-0.05, 0) is 37.6 Å². The number of aryl methyl sites for hydroxylation is 1. The van der Waals surface area contributed by atoms with Crippen molar-refractivity contribution < 1.29 is 154 Å². The van der Waals surface area contributed by atoms with Gasteiger partial charge in [-0.15, -0.1) is 0 Å². The predicted octanol–water partition coefficient (Wildman–Crippen LogP) is 12.6. The van der Waals surface area contributed by atoms with Crippen molar-refractivity contribution in [3.05, 3.63) is 29.3 Å². The Balaban J connectivity index is 3.86. The van der Waals surface area contributed by atoms with Gasteiger partial charge in [-0.3, -0.25) is 4.79 Å². The molecule has 0 heterocycles. The van der Waals surface area contributed by atoms with Crippen molar-refractivity contribution in [2.45, 2.75) is 121 Å². The van der Waals surface area contributed by atoms with E-state index in [9.17, 15) is 154 Å². The maximum Gasteiger partial charge on any atom is 0.460 e. The first-order chi connectivity index (χ1) is 28.0. The highest BCUT2D eigenvalue weighted by atomic mass is 19.4. The molecule has 1 amide bonds. The molecule has 0 aliphatic rings. The lowest BCUT2D eigenvalue weighted by Gasteiger charge is -2.47. The molecule has 0 spiro atoms. The maximum absolute atomic E-state index is 14.4. The Morgan fingerprint density at radius 2 is 0.738 bits per heavy atom. The lowest BCUT2D eigenvalue weighted by Crippen LogP contribution is -2.80. The molecule has 0 saturated carbocycles. The quantitative estimate of drug-likeness (QED) is 0.0853. The molecule has 0 aromatic heterocycles. The van der Waals surface area contributed by atoms with Crippen LogP contribution in [0.25, 0.3) is 0 Å². The summed E-state index contributed by atoms with van der Waals surface area (Å²) in [6, 6.07) is -0.750. The van der Waals surface area contributed by atoms with Gasteiger partial charge in [0.15, 0.2) is 0 Å². The number of alkyl halides is 33. The summed E-state index contributed by atoms with van der Waals surface area (Å²) in [5.41, 5.74) is -1.18. The maximum atomic E-state index is 14.4. The second-order valence-corrected chi connectivity index (χ2v) is 13.0. The zero-order valence-corrected chi connectivity index (χ0v) is 29.8. The molecule has 1 aromatic carbocycles. The molecule has 37 heteroatoms. The molecule has 0 aliphatic heterocycles. The van der Waals surface area contributed by atoms with E-state index < -0.39 is 119 Å². The van der Waals surface area contributed by atoms with Crippen molar-refractivity contribution in [3.63, 3.8) is 0 Å². The average Bonchev–Trinajstić information content (AvgIpc) is 3.10. The third-order valence-corrected chi connectivity index (χ3v) is 8.51. The van der Waals surface area contributed by atoms with E-state index in [-0.39, 0.29) is 18.2 Å². The highest BCUT2D eigenvalue weighted by Crippen LogP contribution is 2.70. The fourth-order valence-electron chi connectivity index (χ4n) is 4.62. The van der Waals surface area contributed by atoms with Crippen molar-refractivity contribution in [1.29, 1.82) is 0 Å². The molecule has 65 heavy (non-hydrogen) atoms. The standard InChI is InChI=1S/C28H13F33N2O2/c1-8-5-10(3-4-11(8)62-7-64)12(65)63-9(2)6-13(29,30)14(31,32)15(33,34)16(35,36)17(37,38)18(39,40)19(41,42)20(43,44)21(45,46)22(47,48)23(49,50)24(51,52)25(53,54)26(55,56)27(57,58)28(59,60)61/h3-5,9H,6H2,1-2H3,(H,63,65). The van der Waals surface area contributed by atoms with E-state index in [0.717, 1.165) is 19.1 Å². The van der Waals surface area contributed by atoms with Crippen LogP contribution in [0.3, 0.4) is 0 Å². The molecule has 1 atom stereocenters. The summed E-state index contributed by atoms with van der Waals surface area (Å²) in [4.78, 5) is 25.6. The first kappa shape index (κ1) is 58.8. The minimum absolute atomic E-state index is 0.0430. The predicted molar refractivity (Wildman–Crippen MR) is 141 cm³/mol. The van der Waals surface area contributed by atoms with Gasteiger partial charge >= 0.3 is 95.0 Å². The lowest BCUT2D eigenvalue weighted by molar-refractivity contribution is -0.491. The summed E-state index contributed by atoms with van der Waals surface area (Å²) < 4.78 is 456. The molecule has 1 N–H and O–H groups in total. The highest BCUT2D eigenvalue weighted by molar-refractivity contribution is 5.95. The monoisotopic (exact) mass is 1040 g/mol. The second-order valence-electron chi connectivity index (χ2n) is 13.0. The molecule has 1 rings (SSSR count). The summed E-state index contributed by atoms with van der Waals surface area (Å²) in [5, 5.41) is 1.23. The Labute approximate surface area is 334 Å². The first-order valence-electron chi connectivity index (χ1n) is 15.2. The normalized spacial score (nSPS) is 16.3. The number of rotatable bonds is 19. The number of carbonyl (C=O) groups is 1. The number of halogens is 33. The molecular weight excluding hydrogens is 1020 g/mol. The van der Waals surface area contributed by atoms with Crippen LogP contribution < -0.4 is 5.32 Å². The van der Waals surface area contributed by atoms with E-state index in [1.54, 1.807) is 0 Å². The van der Waals surface area contributed by atoms with Crippen LogP contribution in [0.4, 0.5) is 151 Å². The van der Waals surface area contributed by atoms with Gasteiger partial charge in [0.1, 0.15) is 0 Å². The number of isocyanates is 1. The van der Waals surface area contributed by atoms with Crippen LogP contribution in [0.1, 0.15) is 29.3 Å². The zero-order valence-electron chi connectivity index (χ0n) is 29.8. The summed E-state index contributed by atoms with van der Waals surface area (Å²) in [6.07, 6.45) is -10.7. The van der Waals surface area contributed by atoms with Crippen molar-refractivity contribution in [1.82, 2.24) is 5.32 Å². The third-order valence-electron chi connectivity index (χ3n) is 8.51. The van der Waals surface area contributed by atoms with E-state index in [0.29, 0.717) is 12.1 Å². The van der Waals surface area contributed by atoms with Crippen LogP contribution in [0.5, 0.6) is 0 Å². The van der Waals surface area contributed by atoms with Gasteiger partial charge in [-0.25, -0.2) is 4.79 Å². The third kappa shape index (κ3) is 7.81. The molecule has 0 bridgehead atoms. The van der Waals surface area contributed by atoms with E-state index in [1.807, 2.05) is 0 Å². The van der Waals surface area contributed by atoms with Crippen LogP contribution in [0.2, 0.25) is 0 Å². The summed E-state index contributed by atoms with van der Waals surface area (Å²) in [7, 11) is 0. The van der Waals surface area contributed by atoms with Gasteiger partial charge in [0.25, 0.3) is 5.91 Å². The number of hydrogen-bond donors (Lipinski definition) is 1. The Bertz CT molecular complexity index is 1980. The van der Waals surface area contributed by atoms with Gasteiger partial charge in [0.05, 0.1) is 5.69 Å². The van der Waals surface area contributed by atoms with Crippen molar-refractivity contribution >= 4 is 17.7 Å². The van der Waals surface area contributed by atoms with E-state index in [1.165, 1.54) is 5.32 Å². The summed E-state index contributed by atoms with van der Waals surface area (Å²) >= 11 is 0. The van der Waals surface area contributed by atoms with E-state index in [2.05, 4.69) is 4.99 Å². The molecule has 1 unspecified atom stereocenters. The van der Waals surface area contributed by atoms with Crippen LogP contribution in [-0.4, -0.2) is 113 Å². The molecule has 0 aliphatic carbocycles. The fraction of sp³-hybridized carbons (Fsp3) is 0.714. The van der Waals surface area contributed by atoms with Crippen molar-refractivity contribution in [2.24, 2.45) is 4.99 Å². The van der Waals surface area contributed by atoms with Gasteiger partial charge in [-0.1, -0.05) is 0 Å². The van der Waals surface area contributed by atoms with Crippen molar-refractivity contribution in [3.8, 4) is 0 Å². The molecule has 4 nitrogen and oxygen atoms in total. The van der Waals surface area contributed by atoms with Gasteiger partial charge in [-0.2, -0.15) is 150 Å². The molecule has 1 aromatic rings. The minimum Gasteiger partial charge on any atom is -0.349 e. The number of benzene rings is 1. The summed E-state index contributed by atoms with van der Waals surface area (Å²) in [6.45, 7) is 1.10. The minimum atomic E-state index is -10.3. The Hall–Kier alpha value is -4.24. The first-order valence-corrected chi connectivity index (χ1v) is 15.2. The Morgan fingerprint density at radius 1 is 0.477 bits per heavy atom. The molecule has 0 radical (unpaired) electrons. The van der Waals surface area contributed by atoms with Gasteiger partial charge < -0.3 is 5.32 Å². The number of amides is 1. The average molecular weight is 1040 g/mol. The van der Waals surface area contributed by atoms with Crippen LogP contribution in [0, 0.1) is 6.92 Å². The molecular formula is C28H13F33N2O2. The molecule has 0 saturated heterocycles. The van der Waals surface area contributed by atoms with Gasteiger partial charge in [0, 0.05) is 18.0 Å². The molecule has 378 valence electrons. The fourth-order valence-corrected chi connectivity index (χ4v) is 4.62. The largest absolute Gasteiger partial charge is 0.460 e. The number of nitrogens with zero attached hydrogens (tertiary/aromatic N) is 1. The van der Waals surface area contributed by atoms with Gasteiger partial charge in [0.2, 0.25) is 6.08 Å². The van der Waals surface area contributed by atoms with Crippen LogP contribution in [0.15, 0.2) is 23.2 Å². The Morgan fingerprint density at radius 3 is 0.985 bits per heavy atom. The summed E-state index contributed by atoms with van der Waals surface area (Å²) in [5.74, 6) is -145. The number of carbonyl (C=O) groups excluding carboxylic acids is 2. The topological polar surface area (TPSA) is 58.5 Å². The highest BCUT2D eigenvalue weighted by Gasteiger charge is 3.01. The second kappa shape index (κ2) is 15.9. The smallest absolute Gasteiger partial charge is 0.349 e. The van der Waals surface area contributed by atoms with Crippen LogP contribution >= 0.6 is 0 Å². The van der Waals surface area contributed by atoms with Crippen molar-refractivity contribution in [2.75, 3.05) is 0 Å². The molecule has 0 fully saturated rings. The number of hydrogen-bond acceptors (Lipinski definition) is 3.